The van der Waals surface area contributed by atoms with E-state index in [1.165, 1.54) is 0 Å². The second-order valence-corrected chi connectivity index (χ2v) is 8.00. The van der Waals surface area contributed by atoms with Gasteiger partial charge in [-0.2, -0.15) is 5.10 Å². The van der Waals surface area contributed by atoms with Gasteiger partial charge in [-0.15, -0.1) is 0 Å². The van der Waals surface area contributed by atoms with Crippen LogP contribution in [0.3, 0.4) is 0 Å². The highest BCUT2D eigenvalue weighted by Gasteiger charge is 2.32. The molecule has 0 saturated carbocycles. The molecule has 1 saturated heterocycles. The van der Waals surface area contributed by atoms with Crippen LogP contribution in [-0.4, -0.2) is 70.0 Å². The molecule has 0 bridgehead atoms. The summed E-state index contributed by atoms with van der Waals surface area (Å²) in [4.78, 5) is 40.1. The van der Waals surface area contributed by atoms with E-state index in [0.717, 1.165) is 5.69 Å². The Morgan fingerprint density at radius 3 is 2.42 bits per heavy atom. The van der Waals surface area contributed by atoms with Crippen LogP contribution < -0.4 is 5.32 Å². The standard InChI is InChI=1S/C18H27N5O3/c1-12(17(26)22-7-5-21(6-8-22)13(2)24)23-10-14-15(20-23)9-18(3,4)11-19-16(14)25/h10,12H,5-9,11H2,1-4H3,(H,19,25). The van der Waals surface area contributed by atoms with Gasteiger partial charge in [-0.05, 0) is 18.8 Å². The summed E-state index contributed by atoms with van der Waals surface area (Å²) in [5.74, 6) is -0.133. The summed E-state index contributed by atoms with van der Waals surface area (Å²) >= 11 is 0. The molecule has 1 aromatic rings. The maximum absolute atomic E-state index is 12.8. The van der Waals surface area contributed by atoms with E-state index in [1.54, 1.807) is 34.5 Å². The largest absolute Gasteiger partial charge is 0.351 e. The van der Waals surface area contributed by atoms with Crippen LogP contribution in [0.15, 0.2) is 6.20 Å². The van der Waals surface area contributed by atoms with Gasteiger partial charge in [0, 0.05) is 45.8 Å². The van der Waals surface area contributed by atoms with Crippen molar-refractivity contribution < 1.29 is 14.4 Å². The maximum atomic E-state index is 12.8. The molecule has 0 radical (unpaired) electrons. The summed E-state index contributed by atoms with van der Waals surface area (Å²) in [5, 5.41) is 7.49. The third-order valence-corrected chi connectivity index (χ3v) is 5.22. The minimum Gasteiger partial charge on any atom is -0.351 e. The lowest BCUT2D eigenvalue weighted by Gasteiger charge is -2.35. The molecule has 0 aliphatic carbocycles. The molecular formula is C18H27N5O3. The number of piperazine rings is 1. The molecule has 1 N–H and O–H groups in total. The average molecular weight is 361 g/mol. The van der Waals surface area contributed by atoms with Gasteiger partial charge < -0.3 is 15.1 Å². The van der Waals surface area contributed by atoms with Gasteiger partial charge >= 0.3 is 0 Å². The second-order valence-electron chi connectivity index (χ2n) is 8.00. The first-order valence-electron chi connectivity index (χ1n) is 9.08. The Hall–Kier alpha value is -2.38. The Balaban J connectivity index is 1.74. The molecule has 8 heteroatoms. The van der Waals surface area contributed by atoms with Crippen LogP contribution in [0.5, 0.6) is 0 Å². The molecule has 2 aliphatic rings. The first-order chi connectivity index (χ1) is 12.2. The highest BCUT2D eigenvalue weighted by molar-refractivity contribution is 5.95. The van der Waals surface area contributed by atoms with Crippen molar-refractivity contribution in [3.05, 3.63) is 17.5 Å². The van der Waals surface area contributed by atoms with Crippen LogP contribution in [0, 0.1) is 5.41 Å². The fourth-order valence-corrected chi connectivity index (χ4v) is 3.50. The highest BCUT2D eigenvalue weighted by Crippen LogP contribution is 2.26. The number of amides is 3. The molecule has 142 valence electrons. The molecular weight excluding hydrogens is 334 g/mol. The van der Waals surface area contributed by atoms with Crippen molar-refractivity contribution in [3.8, 4) is 0 Å². The number of rotatable bonds is 2. The summed E-state index contributed by atoms with van der Waals surface area (Å²) in [6, 6.07) is -0.485. The predicted molar refractivity (Wildman–Crippen MR) is 95.6 cm³/mol. The summed E-state index contributed by atoms with van der Waals surface area (Å²) in [5.41, 5.74) is 1.22. The van der Waals surface area contributed by atoms with E-state index in [9.17, 15) is 14.4 Å². The topological polar surface area (TPSA) is 87.5 Å². The monoisotopic (exact) mass is 361 g/mol. The van der Waals surface area contributed by atoms with Crippen molar-refractivity contribution in [2.45, 2.75) is 40.2 Å². The summed E-state index contributed by atoms with van der Waals surface area (Å²) in [7, 11) is 0. The van der Waals surface area contributed by atoms with Gasteiger partial charge in [0.05, 0.1) is 11.3 Å². The molecule has 0 spiro atoms. The molecule has 1 atom stereocenters. The molecule has 1 aromatic heterocycles. The van der Waals surface area contributed by atoms with Crippen LogP contribution in [0.1, 0.15) is 49.8 Å². The van der Waals surface area contributed by atoms with Gasteiger partial charge in [0.2, 0.25) is 11.8 Å². The highest BCUT2D eigenvalue weighted by atomic mass is 16.2. The van der Waals surface area contributed by atoms with Crippen LogP contribution in [0.2, 0.25) is 0 Å². The van der Waals surface area contributed by atoms with Crippen molar-refractivity contribution in [1.29, 1.82) is 0 Å². The maximum Gasteiger partial charge on any atom is 0.254 e. The van der Waals surface area contributed by atoms with E-state index in [2.05, 4.69) is 24.3 Å². The summed E-state index contributed by atoms with van der Waals surface area (Å²) in [6.07, 6.45) is 2.37. The van der Waals surface area contributed by atoms with Crippen LogP contribution in [-0.2, 0) is 16.0 Å². The van der Waals surface area contributed by atoms with Gasteiger partial charge in [-0.3, -0.25) is 19.1 Å². The minimum atomic E-state index is -0.485. The van der Waals surface area contributed by atoms with Crippen molar-refractivity contribution in [2.24, 2.45) is 5.41 Å². The number of nitrogens with one attached hydrogen (secondary N) is 1. The van der Waals surface area contributed by atoms with E-state index in [-0.39, 0.29) is 23.1 Å². The Labute approximate surface area is 153 Å². The summed E-state index contributed by atoms with van der Waals surface area (Å²) in [6.45, 7) is 10.3. The third-order valence-electron chi connectivity index (χ3n) is 5.22. The van der Waals surface area contributed by atoms with Gasteiger partial charge in [0.25, 0.3) is 5.91 Å². The Kier molecular flexibility index (Phi) is 4.77. The number of carbonyl (C=O) groups excluding carboxylic acids is 3. The molecule has 1 unspecified atom stereocenters. The third kappa shape index (κ3) is 3.59. The zero-order chi connectivity index (χ0) is 19.1. The predicted octanol–water partition coefficient (Wildman–Crippen LogP) is 0.447. The molecule has 3 amide bonds. The SMILES string of the molecule is CC(=O)N1CCN(C(=O)C(C)n2cc3c(n2)CC(C)(C)CNC3=O)CC1. The number of hydrogen-bond acceptors (Lipinski definition) is 4. The lowest BCUT2D eigenvalue weighted by Crippen LogP contribution is -2.51. The van der Waals surface area contributed by atoms with E-state index >= 15 is 0 Å². The van der Waals surface area contributed by atoms with E-state index in [1.807, 2.05) is 0 Å². The van der Waals surface area contributed by atoms with Crippen LogP contribution >= 0.6 is 0 Å². The van der Waals surface area contributed by atoms with Crippen LogP contribution in [0.25, 0.3) is 0 Å². The molecule has 3 rings (SSSR count). The van der Waals surface area contributed by atoms with Gasteiger partial charge in [0.1, 0.15) is 6.04 Å². The number of fused-ring (bicyclic) bond motifs is 1. The van der Waals surface area contributed by atoms with Gasteiger partial charge in [-0.1, -0.05) is 13.8 Å². The van der Waals surface area contributed by atoms with E-state index in [4.69, 9.17) is 0 Å². The second kappa shape index (κ2) is 6.74. The Morgan fingerprint density at radius 2 is 1.81 bits per heavy atom. The number of hydrogen-bond donors (Lipinski definition) is 1. The summed E-state index contributed by atoms with van der Waals surface area (Å²) < 4.78 is 1.60. The number of aromatic nitrogens is 2. The smallest absolute Gasteiger partial charge is 0.254 e. The molecule has 1 fully saturated rings. The zero-order valence-electron chi connectivity index (χ0n) is 15.9. The lowest BCUT2D eigenvalue weighted by molar-refractivity contribution is -0.140. The first kappa shape index (κ1) is 18.4. The normalized spacial score (nSPS) is 20.8. The van der Waals surface area contributed by atoms with Crippen molar-refractivity contribution in [1.82, 2.24) is 24.9 Å². The Bertz CT molecular complexity index is 731. The first-order valence-corrected chi connectivity index (χ1v) is 9.08. The molecule has 3 heterocycles. The molecule has 0 aromatic carbocycles. The molecule has 26 heavy (non-hydrogen) atoms. The van der Waals surface area contributed by atoms with Gasteiger partial charge in [0.15, 0.2) is 0 Å². The fraction of sp³-hybridized carbons (Fsp3) is 0.667. The molecule has 2 aliphatic heterocycles. The molecule has 8 nitrogen and oxygen atoms in total. The van der Waals surface area contributed by atoms with Crippen molar-refractivity contribution >= 4 is 17.7 Å². The zero-order valence-corrected chi connectivity index (χ0v) is 15.9. The number of carbonyl (C=O) groups is 3. The fourth-order valence-electron chi connectivity index (χ4n) is 3.50. The minimum absolute atomic E-state index is 0.0365. The van der Waals surface area contributed by atoms with Crippen molar-refractivity contribution in [3.63, 3.8) is 0 Å². The average Bonchev–Trinajstić information content (AvgIpc) is 2.97. The quantitative estimate of drug-likeness (QED) is 0.828. The van der Waals surface area contributed by atoms with Gasteiger partial charge in [-0.25, -0.2) is 0 Å². The van der Waals surface area contributed by atoms with E-state index in [0.29, 0.717) is 44.7 Å². The number of nitrogens with zero attached hydrogens (tertiary/aromatic N) is 4. The lowest BCUT2D eigenvalue weighted by atomic mass is 9.88. The Morgan fingerprint density at radius 1 is 1.19 bits per heavy atom. The van der Waals surface area contributed by atoms with Crippen molar-refractivity contribution in [2.75, 3.05) is 32.7 Å². The van der Waals surface area contributed by atoms with E-state index < -0.39 is 6.04 Å². The van der Waals surface area contributed by atoms with Crippen LogP contribution in [0.4, 0.5) is 0 Å².